The Bertz CT molecular complexity index is 830. The standard InChI is InChI=1S/C15H13BrN6O/c16-11-5-10(6-18-7-11)14-20-13(21-22-14)8-19-15(23)9-1-3-12(17)4-2-9/h1-7H,8,17H2,(H,19,23)(H,20,21,22). The van der Waals surface area contributed by atoms with Crippen molar-refractivity contribution in [3.63, 3.8) is 0 Å². The molecule has 0 spiro atoms. The van der Waals surface area contributed by atoms with E-state index >= 15 is 0 Å². The van der Waals surface area contributed by atoms with Crippen LogP contribution in [0.3, 0.4) is 0 Å². The first kappa shape index (κ1) is 15.2. The minimum Gasteiger partial charge on any atom is -0.399 e. The Labute approximate surface area is 140 Å². The second-order valence-electron chi connectivity index (χ2n) is 4.80. The van der Waals surface area contributed by atoms with Crippen LogP contribution in [0.4, 0.5) is 5.69 Å². The summed E-state index contributed by atoms with van der Waals surface area (Å²) in [7, 11) is 0. The van der Waals surface area contributed by atoms with Crippen LogP contribution in [0, 0.1) is 0 Å². The Morgan fingerprint density at radius 1 is 1.26 bits per heavy atom. The number of nitrogens with two attached hydrogens (primary N) is 1. The molecule has 1 amide bonds. The predicted molar refractivity (Wildman–Crippen MR) is 89.3 cm³/mol. The highest BCUT2D eigenvalue weighted by molar-refractivity contribution is 9.10. The van der Waals surface area contributed by atoms with Gasteiger partial charge in [0.15, 0.2) is 5.82 Å². The third-order valence-corrected chi connectivity index (χ3v) is 3.52. The van der Waals surface area contributed by atoms with Crippen LogP contribution in [0.5, 0.6) is 0 Å². The monoisotopic (exact) mass is 372 g/mol. The zero-order chi connectivity index (χ0) is 16.2. The highest BCUT2D eigenvalue weighted by Crippen LogP contribution is 2.18. The third kappa shape index (κ3) is 3.72. The van der Waals surface area contributed by atoms with Crippen molar-refractivity contribution in [2.75, 3.05) is 5.73 Å². The van der Waals surface area contributed by atoms with Gasteiger partial charge < -0.3 is 11.1 Å². The molecule has 0 atom stereocenters. The van der Waals surface area contributed by atoms with Gasteiger partial charge in [0, 0.05) is 33.7 Å². The van der Waals surface area contributed by atoms with Crippen LogP contribution < -0.4 is 11.1 Å². The number of hydrogen-bond acceptors (Lipinski definition) is 5. The topological polar surface area (TPSA) is 110 Å². The summed E-state index contributed by atoms with van der Waals surface area (Å²) >= 11 is 3.35. The minimum absolute atomic E-state index is 0.202. The van der Waals surface area contributed by atoms with E-state index in [9.17, 15) is 4.79 Å². The molecule has 0 unspecified atom stereocenters. The Hall–Kier alpha value is -2.74. The number of nitrogens with zero attached hydrogens (tertiary/aromatic N) is 3. The highest BCUT2D eigenvalue weighted by atomic mass is 79.9. The molecule has 2 aromatic heterocycles. The van der Waals surface area contributed by atoms with E-state index in [1.54, 1.807) is 36.7 Å². The lowest BCUT2D eigenvalue weighted by Gasteiger charge is -2.03. The van der Waals surface area contributed by atoms with Gasteiger partial charge in [-0.2, -0.15) is 5.10 Å². The molecule has 0 aliphatic carbocycles. The zero-order valence-corrected chi connectivity index (χ0v) is 13.5. The quantitative estimate of drug-likeness (QED) is 0.607. The van der Waals surface area contributed by atoms with Gasteiger partial charge in [-0.3, -0.25) is 14.9 Å². The smallest absolute Gasteiger partial charge is 0.251 e. The van der Waals surface area contributed by atoms with Gasteiger partial charge in [-0.05, 0) is 46.3 Å². The Morgan fingerprint density at radius 3 is 2.78 bits per heavy atom. The molecule has 3 rings (SSSR count). The minimum atomic E-state index is -0.202. The van der Waals surface area contributed by atoms with Gasteiger partial charge in [-0.15, -0.1) is 0 Å². The first-order chi connectivity index (χ1) is 11.1. The molecule has 4 N–H and O–H groups in total. The summed E-state index contributed by atoms with van der Waals surface area (Å²) in [6, 6.07) is 8.57. The zero-order valence-electron chi connectivity index (χ0n) is 12.0. The van der Waals surface area contributed by atoms with Crippen molar-refractivity contribution in [3.8, 4) is 11.4 Å². The van der Waals surface area contributed by atoms with E-state index in [1.807, 2.05) is 6.07 Å². The molecule has 0 fully saturated rings. The molecule has 0 aliphatic rings. The van der Waals surface area contributed by atoms with Crippen molar-refractivity contribution in [1.29, 1.82) is 0 Å². The lowest BCUT2D eigenvalue weighted by Crippen LogP contribution is -2.23. The normalized spacial score (nSPS) is 10.5. The highest BCUT2D eigenvalue weighted by Gasteiger charge is 2.09. The predicted octanol–water partition coefficient (Wildman–Crippen LogP) is 2.14. The Balaban J connectivity index is 1.65. The van der Waals surface area contributed by atoms with E-state index in [0.717, 1.165) is 10.0 Å². The maximum absolute atomic E-state index is 12.0. The van der Waals surface area contributed by atoms with Gasteiger partial charge in [0.2, 0.25) is 0 Å². The number of amides is 1. The average molecular weight is 373 g/mol. The SMILES string of the molecule is Nc1ccc(C(=O)NCc2nc(-c3cncc(Br)c3)n[nH]2)cc1. The molecule has 0 aliphatic heterocycles. The number of rotatable bonds is 4. The number of aromatic amines is 1. The number of pyridine rings is 1. The molecule has 116 valence electrons. The number of halogens is 1. The van der Waals surface area contributed by atoms with E-state index < -0.39 is 0 Å². The fourth-order valence-electron chi connectivity index (χ4n) is 1.94. The number of carbonyl (C=O) groups is 1. The molecule has 0 bridgehead atoms. The maximum atomic E-state index is 12.0. The lowest BCUT2D eigenvalue weighted by molar-refractivity contribution is 0.0950. The van der Waals surface area contributed by atoms with Gasteiger partial charge in [0.25, 0.3) is 5.91 Å². The van der Waals surface area contributed by atoms with E-state index in [1.165, 1.54) is 0 Å². The second-order valence-corrected chi connectivity index (χ2v) is 5.72. The van der Waals surface area contributed by atoms with Crippen LogP contribution >= 0.6 is 15.9 Å². The number of anilines is 1. The third-order valence-electron chi connectivity index (χ3n) is 3.08. The van der Waals surface area contributed by atoms with Crippen LogP contribution in [0.15, 0.2) is 47.2 Å². The van der Waals surface area contributed by atoms with E-state index in [4.69, 9.17) is 5.73 Å². The largest absolute Gasteiger partial charge is 0.399 e. The number of nitrogens with one attached hydrogen (secondary N) is 2. The number of carbonyl (C=O) groups excluding carboxylic acids is 1. The average Bonchev–Trinajstić information content (AvgIpc) is 3.02. The number of aromatic nitrogens is 4. The number of nitrogen functional groups attached to an aromatic ring is 1. The molecule has 3 aromatic rings. The fraction of sp³-hybridized carbons (Fsp3) is 0.0667. The van der Waals surface area contributed by atoms with Gasteiger partial charge >= 0.3 is 0 Å². The van der Waals surface area contributed by atoms with Crippen molar-refractivity contribution < 1.29 is 4.79 Å². The van der Waals surface area contributed by atoms with Crippen molar-refractivity contribution in [2.45, 2.75) is 6.54 Å². The number of benzene rings is 1. The Morgan fingerprint density at radius 2 is 2.04 bits per heavy atom. The number of hydrogen-bond donors (Lipinski definition) is 3. The molecule has 0 saturated carbocycles. The van der Waals surface area contributed by atoms with Gasteiger partial charge in [-0.1, -0.05) is 0 Å². The van der Waals surface area contributed by atoms with Crippen LogP contribution in [-0.2, 0) is 6.54 Å². The lowest BCUT2D eigenvalue weighted by atomic mass is 10.2. The first-order valence-corrected chi connectivity index (χ1v) is 7.57. The van der Waals surface area contributed by atoms with Crippen molar-refractivity contribution in [1.82, 2.24) is 25.5 Å². The molecular formula is C15H13BrN6O. The van der Waals surface area contributed by atoms with Gasteiger partial charge in [-0.25, -0.2) is 4.98 Å². The van der Waals surface area contributed by atoms with Crippen molar-refractivity contribution in [3.05, 3.63) is 58.6 Å². The van der Waals surface area contributed by atoms with E-state index in [0.29, 0.717) is 22.9 Å². The fourth-order valence-corrected chi connectivity index (χ4v) is 2.30. The summed E-state index contributed by atoms with van der Waals surface area (Å²) in [6.45, 7) is 0.248. The van der Waals surface area contributed by atoms with Crippen LogP contribution in [0.2, 0.25) is 0 Å². The van der Waals surface area contributed by atoms with Gasteiger partial charge in [0.1, 0.15) is 5.82 Å². The van der Waals surface area contributed by atoms with Crippen molar-refractivity contribution >= 4 is 27.5 Å². The van der Waals surface area contributed by atoms with E-state index in [2.05, 4.69) is 41.4 Å². The summed E-state index contributed by atoms with van der Waals surface area (Å²) in [6.07, 6.45) is 3.36. The molecule has 7 nitrogen and oxygen atoms in total. The Kier molecular flexibility index (Phi) is 4.33. The number of H-pyrrole nitrogens is 1. The second kappa shape index (κ2) is 6.57. The molecular weight excluding hydrogens is 360 g/mol. The van der Waals surface area contributed by atoms with Crippen molar-refractivity contribution in [2.24, 2.45) is 0 Å². The molecule has 23 heavy (non-hydrogen) atoms. The molecule has 1 aromatic carbocycles. The summed E-state index contributed by atoms with van der Waals surface area (Å²) in [4.78, 5) is 20.4. The summed E-state index contributed by atoms with van der Waals surface area (Å²) in [5, 5.41) is 9.70. The van der Waals surface area contributed by atoms with Crippen LogP contribution in [0.1, 0.15) is 16.2 Å². The van der Waals surface area contributed by atoms with Crippen LogP contribution in [0.25, 0.3) is 11.4 Å². The molecule has 0 saturated heterocycles. The van der Waals surface area contributed by atoms with Gasteiger partial charge in [0.05, 0.1) is 6.54 Å². The van der Waals surface area contributed by atoms with E-state index in [-0.39, 0.29) is 12.5 Å². The first-order valence-electron chi connectivity index (χ1n) is 6.78. The maximum Gasteiger partial charge on any atom is 0.251 e. The summed E-state index contributed by atoms with van der Waals surface area (Å²) in [5.74, 6) is 0.881. The molecule has 2 heterocycles. The van der Waals surface area contributed by atoms with Crippen LogP contribution in [-0.4, -0.2) is 26.1 Å². The molecule has 8 heteroatoms. The summed E-state index contributed by atoms with van der Waals surface area (Å²) < 4.78 is 0.845. The summed E-state index contributed by atoms with van der Waals surface area (Å²) in [5.41, 5.74) is 7.53. The molecule has 0 radical (unpaired) electrons.